The number of hydrogen-bond acceptors (Lipinski definition) is 10. The van der Waals surface area contributed by atoms with Gasteiger partial charge in [-0.1, -0.05) is 12.1 Å². The molecule has 216 valence electrons. The molecule has 1 heterocycles. The first kappa shape index (κ1) is 30.0. The molecule has 0 unspecified atom stereocenters. The number of nitro groups is 1. The zero-order chi connectivity index (χ0) is 30.3. The van der Waals surface area contributed by atoms with Crippen molar-refractivity contribution in [2.24, 2.45) is 0 Å². The standard InChI is InChI=1S/C25H26FN7O8/c26-15-5-7-18(33(40)41)19(11-15)32(10-9-16-21(27)30-25(28)31-23(16)37)12-13-1-3-14(4-2-13)22(36)29-17(24(38)39)6-8-20(34)35/h1-5,7,11,17H,6,8-10,12H2,(H,29,36)(H,34,35)(H,38,39)(H5,27,28,30,31,37)/t17-/m0/s1. The van der Waals surface area contributed by atoms with Crippen LogP contribution >= 0.6 is 0 Å². The molecule has 0 saturated heterocycles. The number of nitrogens with one attached hydrogen (secondary N) is 2. The summed E-state index contributed by atoms with van der Waals surface area (Å²) in [6.45, 7) is -0.0575. The lowest BCUT2D eigenvalue weighted by Crippen LogP contribution is -2.41. The summed E-state index contributed by atoms with van der Waals surface area (Å²) >= 11 is 0. The van der Waals surface area contributed by atoms with Gasteiger partial charge in [-0.25, -0.2) is 9.18 Å². The minimum Gasteiger partial charge on any atom is -0.481 e. The largest absolute Gasteiger partial charge is 0.481 e. The maximum atomic E-state index is 14.2. The number of nitrogens with zero attached hydrogens (tertiary/aromatic N) is 3. The third kappa shape index (κ3) is 7.98. The number of rotatable bonds is 13. The Hall–Kier alpha value is -5.54. The summed E-state index contributed by atoms with van der Waals surface area (Å²) in [5.41, 5.74) is 10.9. The van der Waals surface area contributed by atoms with Gasteiger partial charge >= 0.3 is 11.9 Å². The zero-order valence-corrected chi connectivity index (χ0v) is 21.4. The Kier molecular flexibility index (Phi) is 9.52. The number of benzene rings is 2. The van der Waals surface area contributed by atoms with E-state index in [9.17, 15) is 38.8 Å². The van der Waals surface area contributed by atoms with E-state index in [-0.39, 0.29) is 60.2 Å². The van der Waals surface area contributed by atoms with Crippen molar-refractivity contribution in [2.45, 2.75) is 31.8 Å². The van der Waals surface area contributed by atoms with E-state index >= 15 is 0 Å². The molecule has 0 bridgehead atoms. The van der Waals surface area contributed by atoms with E-state index in [1.165, 1.54) is 29.2 Å². The SMILES string of the molecule is Nc1nc(N)c(CCN(Cc2ccc(C(=O)N[C@@H](CCC(=O)O)C(=O)O)cc2)c2cc(F)ccc2[N+](=O)[O-])c(=O)[nH]1. The van der Waals surface area contributed by atoms with Gasteiger partial charge in [0.1, 0.15) is 23.4 Å². The highest BCUT2D eigenvalue weighted by Crippen LogP contribution is 2.30. The molecule has 0 aliphatic carbocycles. The normalized spacial score (nSPS) is 11.4. The number of amides is 1. The van der Waals surface area contributed by atoms with E-state index in [1.54, 1.807) is 0 Å². The van der Waals surface area contributed by atoms with Gasteiger partial charge in [0.05, 0.1) is 10.5 Å². The van der Waals surface area contributed by atoms with Crippen LogP contribution in [0.5, 0.6) is 0 Å². The molecule has 2 aromatic carbocycles. The molecule has 0 radical (unpaired) electrons. The molecule has 8 N–H and O–H groups in total. The maximum Gasteiger partial charge on any atom is 0.326 e. The van der Waals surface area contributed by atoms with Crippen molar-refractivity contribution >= 4 is 41.0 Å². The Bertz CT molecular complexity index is 1530. The molecular weight excluding hydrogens is 545 g/mol. The van der Waals surface area contributed by atoms with Crippen LogP contribution in [0.3, 0.4) is 0 Å². The second-order valence-electron chi connectivity index (χ2n) is 8.87. The smallest absolute Gasteiger partial charge is 0.326 e. The number of aromatic amines is 1. The maximum absolute atomic E-state index is 14.2. The summed E-state index contributed by atoms with van der Waals surface area (Å²) in [6, 6.07) is 7.30. The number of anilines is 3. The van der Waals surface area contributed by atoms with Gasteiger partial charge in [-0.05, 0) is 36.6 Å². The Morgan fingerprint density at radius 3 is 2.41 bits per heavy atom. The number of aromatic nitrogens is 2. The molecule has 0 fully saturated rings. The molecule has 0 aliphatic heterocycles. The highest BCUT2D eigenvalue weighted by atomic mass is 19.1. The van der Waals surface area contributed by atoms with Crippen LogP contribution in [0.4, 0.5) is 27.5 Å². The molecule has 1 amide bonds. The quantitative estimate of drug-likeness (QED) is 0.125. The number of H-pyrrole nitrogens is 1. The van der Waals surface area contributed by atoms with Crippen molar-refractivity contribution in [3.63, 3.8) is 0 Å². The van der Waals surface area contributed by atoms with Crippen LogP contribution in [-0.2, 0) is 22.6 Å². The molecule has 0 aliphatic rings. The first-order valence-corrected chi connectivity index (χ1v) is 12.0. The van der Waals surface area contributed by atoms with Gasteiger partial charge in [0.25, 0.3) is 17.2 Å². The summed E-state index contributed by atoms with van der Waals surface area (Å²) in [4.78, 5) is 65.7. The minimum absolute atomic E-state index is 0.0250. The van der Waals surface area contributed by atoms with Crippen LogP contribution in [0.1, 0.15) is 34.3 Å². The first-order valence-electron chi connectivity index (χ1n) is 12.0. The number of hydrogen-bond donors (Lipinski definition) is 6. The van der Waals surface area contributed by atoms with Crippen molar-refractivity contribution in [3.8, 4) is 0 Å². The fourth-order valence-electron chi connectivity index (χ4n) is 3.96. The zero-order valence-electron chi connectivity index (χ0n) is 21.4. The van der Waals surface area contributed by atoms with Crippen LogP contribution in [0, 0.1) is 15.9 Å². The van der Waals surface area contributed by atoms with E-state index in [0.717, 1.165) is 18.2 Å². The second kappa shape index (κ2) is 13.0. The summed E-state index contributed by atoms with van der Waals surface area (Å²) in [5.74, 6) is -4.40. The third-order valence-electron chi connectivity index (χ3n) is 6.01. The van der Waals surface area contributed by atoms with Crippen molar-refractivity contribution in [2.75, 3.05) is 22.9 Å². The summed E-state index contributed by atoms with van der Waals surface area (Å²) in [7, 11) is 0. The number of nitrogens with two attached hydrogens (primary N) is 2. The number of nitro benzene ring substituents is 1. The molecule has 3 rings (SSSR count). The molecule has 0 saturated carbocycles. The van der Waals surface area contributed by atoms with Crippen molar-refractivity contribution in [3.05, 3.63) is 85.4 Å². The van der Waals surface area contributed by atoms with Crippen LogP contribution in [0.15, 0.2) is 47.3 Å². The fourth-order valence-corrected chi connectivity index (χ4v) is 3.96. The van der Waals surface area contributed by atoms with Gasteiger partial charge in [0.15, 0.2) is 0 Å². The van der Waals surface area contributed by atoms with E-state index < -0.39 is 46.6 Å². The summed E-state index contributed by atoms with van der Waals surface area (Å²) in [5, 5.41) is 32.0. The lowest BCUT2D eigenvalue weighted by Gasteiger charge is -2.25. The van der Waals surface area contributed by atoms with E-state index in [2.05, 4.69) is 15.3 Å². The van der Waals surface area contributed by atoms with E-state index in [4.69, 9.17) is 16.6 Å². The van der Waals surface area contributed by atoms with Gasteiger partial charge in [-0.15, -0.1) is 0 Å². The van der Waals surface area contributed by atoms with Crippen LogP contribution in [-0.4, -0.2) is 55.5 Å². The number of carboxylic acids is 2. The van der Waals surface area contributed by atoms with Gasteiger partial charge < -0.3 is 31.9 Å². The van der Waals surface area contributed by atoms with E-state index in [1.807, 2.05) is 0 Å². The van der Waals surface area contributed by atoms with Crippen molar-refractivity contribution < 1.29 is 33.9 Å². The number of halogens is 1. The fraction of sp³-hybridized carbons (Fsp3) is 0.240. The monoisotopic (exact) mass is 571 g/mol. The summed E-state index contributed by atoms with van der Waals surface area (Å²) in [6.07, 6.45) is -0.801. The Morgan fingerprint density at radius 1 is 1.15 bits per heavy atom. The summed E-state index contributed by atoms with van der Waals surface area (Å²) < 4.78 is 14.2. The van der Waals surface area contributed by atoms with Crippen LogP contribution in [0.25, 0.3) is 0 Å². The molecule has 0 spiro atoms. The predicted molar refractivity (Wildman–Crippen MR) is 144 cm³/mol. The van der Waals surface area contributed by atoms with Gasteiger partial charge in [-0.2, -0.15) is 4.98 Å². The topological polar surface area (TPSA) is 248 Å². The Balaban J connectivity index is 1.86. The Labute approximate surface area is 230 Å². The average Bonchev–Trinajstić information content (AvgIpc) is 2.89. The highest BCUT2D eigenvalue weighted by molar-refractivity contribution is 5.96. The number of carboxylic acid groups (broad SMARTS) is 2. The van der Waals surface area contributed by atoms with Gasteiger partial charge in [0.2, 0.25) is 5.95 Å². The number of nitrogen functional groups attached to an aromatic ring is 2. The van der Waals surface area contributed by atoms with Crippen molar-refractivity contribution in [1.82, 2.24) is 15.3 Å². The Morgan fingerprint density at radius 2 is 1.83 bits per heavy atom. The lowest BCUT2D eigenvalue weighted by molar-refractivity contribution is -0.384. The second-order valence-corrected chi connectivity index (χ2v) is 8.87. The molecule has 16 heteroatoms. The molecule has 15 nitrogen and oxygen atoms in total. The molecule has 41 heavy (non-hydrogen) atoms. The third-order valence-corrected chi connectivity index (χ3v) is 6.01. The number of aliphatic carboxylic acids is 2. The van der Waals surface area contributed by atoms with E-state index in [0.29, 0.717) is 5.56 Å². The van der Waals surface area contributed by atoms with Gasteiger partial charge in [-0.3, -0.25) is 29.5 Å². The van der Waals surface area contributed by atoms with Gasteiger partial charge in [0, 0.05) is 37.2 Å². The molecular formula is C25H26FN7O8. The van der Waals surface area contributed by atoms with Crippen LogP contribution < -0.4 is 27.2 Å². The number of carbonyl (C=O) groups excluding carboxylic acids is 1. The highest BCUT2D eigenvalue weighted by Gasteiger charge is 2.23. The predicted octanol–water partition coefficient (Wildman–Crippen LogP) is 1.28. The van der Waals surface area contributed by atoms with Crippen molar-refractivity contribution in [1.29, 1.82) is 0 Å². The molecule has 1 atom stereocenters. The molecule has 1 aromatic heterocycles. The lowest BCUT2D eigenvalue weighted by atomic mass is 10.1. The minimum atomic E-state index is -1.42. The molecule has 3 aromatic rings. The van der Waals surface area contributed by atoms with Crippen LogP contribution in [0.2, 0.25) is 0 Å². The number of carbonyl (C=O) groups is 3. The average molecular weight is 572 g/mol. The first-order chi connectivity index (χ1) is 19.3.